The summed E-state index contributed by atoms with van der Waals surface area (Å²) in [6, 6.07) is 13.6. The van der Waals surface area contributed by atoms with Gasteiger partial charge in [0, 0.05) is 24.6 Å². The molecule has 28 heavy (non-hydrogen) atoms. The largest absolute Gasteiger partial charge is 0.508 e. The number of phenolic OH excluding ortho intramolecular Hbond substituents is 1. The molecule has 0 unspecified atom stereocenters. The second-order valence-electron chi connectivity index (χ2n) is 6.62. The molecule has 0 aliphatic carbocycles. The van der Waals surface area contributed by atoms with Crippen LogP contribution >= 0.6 is 0 Å². The fraction of sp³-hybridized carbons (Fsp3) is 0.286. The summed E-state index contributed by atoms with van der Waals surface area (Å²) in [7, 11) is 1.58. The number of hydrogen-bond acceptors (Lipinski definition) is 5. The van der Waals surface area contributed by atoms with Crippen molar-refractivity contribution in [2.24, 2.45) is 11.0 Å². The van der Waals surface area contributed by atoms with E-state index in [1.165, 1.54) is 6.21 Å². The molecule has 0 saturated carbocycles. The Morgan fingerprint density at radius 3 is 2.54 bits per heavy atom. The lowest BCUT2D eigenvalue weighted by Gasteiger charge is -2.31. The Balaban J connectivity index is 1.48. The van der Waals surface area contributed by atoms with E-state index < -0.39 is 0 Å². The number of carbonyl (C=O) groups is 2. The lowest BCUT2D eigenvalue weighted by molar-refractivity contribution is -0.126. The monoisotopic (exact) mass is 381 g/mol. The van der Waals surface area contributed by atoms with Crippen LogP contribution in [-0.2, 0) is 4.79 Å². The van der Waals surface area contributed by atoms with Crippen LogP contribution in [0.4, 0.5) is 0 Å². The maximum Gasteiger partial charge on any atom is 0.253 e. The highest BCUT2D eigenvalue weighted by molar-refractivity contribution is 5.94. The first-order valence-electron chi connectivity index (χ1n) is 9.12. The number of rotatable bonds is 5. The van der Waals surface area contributed by atoms with Crippen molar-refractivity contribution in [3.8, 4) is 11.5 Å². The van der Waals surface area contributed by atoms with Crippen LogP contribution in [0.2, 0.25) is 0 Å². The molecule has 0 aromatic heterocycles. The molecular weight excluding hydrogens is 358 g/mol. The molecule has 2 amide bonds. The Bertz CT molecular complexity index is 856. The number of nitrogens with zero attached hydrogens (tertiary/aromatic N) is 2. The van der Waals surface area contributed by atoms with Crippen LogP contribution in [0.5, 0.6) is 11.5 Å². The van der Waals surface area contributed by atoms with Crippen molar-refractivity contribution in [2.45, 2.75) is 12.8 Å². The van der Waals surface area contributed by atoms with E-state index in [9.17, 15) is 14.7 Å². The molecule has 7 nitrogen and oxygen atoms in total. The van der Waals surface area contributed by atoms with E-state index in [1.807, 2.05) is 0 Å². The second kappa shape index (κ2) is 9.03. The molecule has 0 atom stereocenters. The molecule has 0 radical (unpaired) electrons. The van der Waals surface area contributed by atoms with Crippen LogP contribution in [0.15, 0.2) is 53.6 Å². The number of amides is 2. The van der Waals surface area contributed by atoms with Gasteiger partial charge >= 0.3 is 0 Å². The molecular formula is C21H23N3O4. The van der Waals surface area contributed by atoms with Gasteiger partial charge in [-0.2, -0.15) is 5.10 Å². The maximum absolute atomic E-state index is 12.6. The normalized spacial score (nSPS) is 14.8. The molecule has 1 heterocycles. The van der Waals surface area contributed by atoms with Crippen LogP contribution in [-0.4, -0.2) is 48.2 Å². The first kappa shape index (κ1) is 19.4. The number of likely N-dealkylation sites (tertiary alicyclic amines) is 1. The number of aromatic hydroxyl groups is 1. The van der Waals surface area contributed by atoms with Gasteiger partial charge in [-0.15, -0.1) is 0 Å². The molecule has 1 aliphatic rings. The van der Waals surface area contributed by atoms with Crippen molar-refractivity contribution in [2.75, 3.05) is 20.2 Å². The third kappa shape index (κ3) is 4.88. The van der Waals surface area contributed by atoms with E-state index in [-0.39, 0.29) is 23.5 Å². The Morgan fingerprint density at radius 2 is 1.89 bits per heavy atom. The number of benzene rings is 2. The van der Waals surface area contributed by atoms with Crippen LogP contribution in [0.3, 0.4) is 0 Å². The van der Waals surface area contributed by atoms with Gasteiger partial charge in [-0.25, -0.2) is 5.43 Å². The zero-order valence-corrected chi connectivity index (χ0v) is 15.7. The Hall–Kier alpha value is -3.35. The van der Waals surface area contributed by atoms with E-state index in [4.69, 9.17) is 4.74 Å². The Kier molecular flexibility index (Phi) is 6.26. The molecule has 0 bridgehead atoms. The minimum absolute atomic E-state index is 0.0385. The highest BCUT2D eigenvalue weighted by Gasteiger charge is 2.27. The molecule has 2 aromatic rings. The van der Waals surface area contributed by atoms with E-state index in [1.54, 1.807) is 60.5 Å². The predicted octanol–water partition coefficient (Wildman–Crippen LogP) is 2.40. The summed E-state index contributed by atoms with van der Waals surface area (Å²) in [5.74, 6) is 0.472. The minimum Gasteiger partial charge on any atom is -0.508 e. The van der Waals surface area contributed by atoms with Crippen LogP contribution in [0.1, 0.15) is 28.8 Å². The quantitative estimate of drug-likeness (QED) is 0.615. The number of nitrogens with one attached hydrogen (secondary N) is 1. The number of methoxy groups -OCH3 is 1. The third-order valence-electron chi connectivity index (χ3n) is 4.75. The van der Waals surface area contributed by atoms with Crippen molar-refractivity contribution in [1.82, 2.24) is 10.3 Å². The van der Waals surface area contributed by atoms with Crippen molar-refractivity contribution >= 4 is 18.0 Å². The highest BCUT2D eigenvalue weighted by atomic mass is 16.5. The SMILES string of the molecule is COc1ccc(C(=O)N2CCC(C(=O)N/N=C\c3cccc(O)c3)CC2)cc1. The summed E-state index contributed by atoms with van der Waals surface area (Å²) >= 11 is 0. The van der Waals surface area contributed by atoms with Crippen LogP contribution < -0.4 is 10.2 Å². The highest BCUT2D eigenvalue weighted by Crippen LogP contribution is 2.20. The van der Waals surface area contributed by atoms with Gasteiger partial charge in [0.2, 0.25) is 5.91 Å². The standard InChI is InChI=1S/C21H23N3O4/c1-28-19-7-5-17(6-8-19)21(27)24-11-9-16(10-12-24)20(26)23-22-14-15-3-2-4-18(25)13-15/h2-8,13-14,16,25H,9-12H2,1H3,(H,23,26)/b22-14-. The fourth-order valence-corrected chi connectivity index (χ4v) is 3.13. The van der Waals surface area contributed by atoms with Gasteiger partial charge in [0.1, 0.15) is 11.5 Å². The first-order valence-corrected chi connectivity index (χ1v) is 9.12. The molecule has 1 saturated heterocycles. The van der Waals surface area contributed by atoms with Crippen LogP contribution in [0, 0.1) is 5.92 Å². The van der Waals surface area contributed by atoms with Gasteiger partial charge in [0.15, 0.2) is 0 Å². The molecule has 2 aromatic carbocycles. The van der Waals surface area contributed by atoms with Crippen molar-refractivity contribution in [1.29, 1.82) is 0 Å². The second-order valence-corrected chi connectivity index (χ2v) is 6.62. The summed E-state index contributed by atoms with van der Waals surface area (Å²) in [4.78, 5) is 26.6. The lowest BCUT2D eigenvalue weighted by atomic mass is 9.95. The third-order valence-corrected chi connectivity index (χ3v) is 4.75. The zero-order valence-electron chi connectivity index (χ0n) is 15.7. The summed E-state index contributed by atoms with van der Waals surface area (Å²) in [6.45, 7) is 1.05. The van der Waals surface area contributed by atoms with Gasteiger partial charge in [0.05, 0.1) is 13.3 Å². The zero-order chi connectivity index (χ0) is 19.9. The van der Waals surface area contributed by atoms with Gasteiger partial charge in [-0.3, -0.25) is 9.59 Å². The van der Waals surface area contributed by atoms with Crippen LogP contribution in [0.25, 0.3) is 0 Å². The van der Waals surface area contributed by atoms with Crippen molar-refractivity contribution < 1.29 is 19.4 Å². The molecule has 7 heteroatoms. The van der Waals surface area contributed by atoms with E-state index in [0.29, 0.717) is 42.8 Å². The van der Waals surface area contributed by atoms with Gasteiger partial charge in [-0.05, 0) is 54.8 Å². The predicted molar refractivity (Wildman–Crippen MR) is 105 cm³/mol. The topological polar surface area (TPSA) is 91.2 Å². The maximum atomic E-state index is 12.6. The number of hydrazone groups is 1. The van der Waals surface area contributed by atoms with E-state index >= 15 is 0 Å². The summed E-state index contributed by atoms with van der Waals surface area (Å²) in [5.41, 5.74) is 3.85. The molecule has 2 N–H and O–H groups in total. The summed E-state index contributed by atoms with van der Waals surface area (Å²) < 4.78 is 5.11. The Morgan fingerprint density at radius 1 is 1.18 bits per heavy atom. The summed E-state index contributed by atoms with van der Waals surface area (Å²) in [6.07, 6.45) is 2.67. The summed E-state index contributed by atoms with van der Waals surface area (Å²) in [5, 5.41) is 13.4. The van der Waals surface area contributed by atoms with E-state index in [0.717, 1.165) is 0 Å². The lowest BCUT2D eigenvalue weighted by Crippen LogP contribution is -2.42. The Labute approximate surface area is 163 Å². The minimum atomic E-state index is -0.179. The number of phenols is 1. The molecule has 1 aliphatic heterocycles. The van der Waals surface area contributed by atoms with Crippen molar-refractivity contribution in [3.63, 3.8) is 0 Å². The number of ether oxygens (including phenoxy) is 1. The number of carbonyl (C=O) groups excluding carboxylic acids is 2. The first-order chi connectivity index (χ1) is 13.6. The molecule has 3 rings (SSSR count). The van der Waals surface area contributed by atoms with E-state index in [2.05, 4.69) is 10.5 Å². The molecule has 146 valence electrons. The molecule has 1 fully saturated rings. The van der Waals surface area contributed by atoms with Gasteiger partial charge < -0.3 is 14.7 Å². The number of piperidine rings is 1. The fourth-order valence-electron chi connectivity index (χ4n) is 3.13. The van der Waals surface area contributed by atoms with Crippen molar-refractivity contribution in [3.05, 3.63) is 59.7 Å². The van der Waals surface area contributed by atoms with Gasteiger partial charge in [0.25, 0.3) is 5.91 Å². The van der Waals surface area contributed by atoms with Gasteiger partial charge in [-0.1, -0.05) is 12.1 Å². The number of hydrogen-bond donors (Lipinski definition) is 2. The average molecular weight is 381 g/mol. The molecule has 0 spiro atoms. The average Bonchev–Trinajstić information content (AvgIpc) is 2.73. The smallest absolute Gasteiger partial charge is 0.253 e.